The first kappa shape index (κ1) is 18.5. The van der Waals surface area contributed by atoms with Crippen molar-refractivity contribution in [3.63, 3.8) is 0 Å². The summed E-state index contributed by atoms with van der Waals surface area (Å²) in [5.74, 6) is 0.0602. The molecule has 1 aliphatic carbocycles. The van der Waals surface area contributed by atoms with Gasteiger partial charge in [0.1, 0.15) is 0 Å². The number of nitrogens with zero attached hydrogens (tertiary/aromatic N) is 1. The molecule has 1 aromatic rings. The van der Waals surface area contributed by atoms with Crippen LogP contribution in [0.5, 0.6) is 0 Å². The maximum absolute atomic E-state index is 12.3. The van der Waals surface area contributed by atoms with Gasteiger partial charge in [-0.1, -0.05) is 37.8 Å². The van der Waals surface area contributed by atoms with Crippen molar-refractivity contribution >= 4 is 17.5 Å². The van der Waals surface area contributed by atoms with Gasteiger partial charge in [0, 0.05) is 31.6 Å². The molecule has 1 aromatic carbocycles. The number of hydrogen-bond acceptors (Lipinski definition) is 2. The van der Waals surface area contributed by atoms with E-state index in [1.165, 1.54) is 25.7 Å². The van der Waals surface area contributed by atoms with E-state index < -0.39 is 0 Å². The molecular formula is C20H30N2O2. The molecule has 0 unspecified atom stereocenters. The number of hydrogen-bond donors (Lipinski definition) is 1. The molecule has 4 heteroatoms. The van der Waals surface area contributed by atoms with Gasteiger partial charge in [-0.25, -0.2) is 0 Å². The highest BCUT2D eigenvalue weighted by Crippen LogP contribution is 2.22. The highest BCUT2D eigenvalue weighted by atomic mass is 16.2. The van der Waals surface area contributed by atoms with Gasteiger partial charge in [-0.15, -0.1) is 0 Å². The van der Waals surface area contributed by atoms with E-state index in [0.717, 1.165) is 29.7 Å². The van der Waals surface area contributed by atoms with Crippen LogP contribution in [0.4, 0.5) is 5.69 Å². The Morgan fingerprint density at radius 3 is 2.42 bits per heavy atom. The van der Waals surface area contributed by atoms with E-state index in [2.05, 4.69) is 5.32 Å². The fraction of sp³-hybridized carbons (Fsp3) is 0.600. The highest BCUT2D eigenvalue weighted by Gasteiger charge is 2.22. The van der Waals surface area contributed by atoms with E-state index in [0.29, 0.717) is 19.0 Å². The molecule has 0 saturated heterocycles. The quantitative estimate of drug-likeness (QED) is 0.822. The van der Waals surface area contributed by atoms with Gasteiger partial charge in [0.25, 0.3) is 0 Å². The third-order valence-corrected chi connectivity index (χ3v) is 4.92. The summed E-state index contributed by atoms with van der Waals surface area (Å²) in [5.41, 5.74) is 3.05. The van der Waals surface area contributed by atoms with E-state index >= 15 is 0 Å². The van der Waals surface area contributed by atoms with Crippen molar-refractivity contribution in [1.29, 1.82) is 0 Å². The zero-order valence-electron chi connectivity index (χ0n) is 15.2. The second-order valence-corrected chi connectivity index (χ2v) is 6.97. The van der Waals surface area contributed by atoms with Gasteiger partial charge in [-0.3, -0.25) is 9.59 Å². The smallest absolute Gasteiger partial charge is 0.226 e. The summed E-state index contributed by atoms with van der Waals surface area (Å²) in [5, 5.41) is 2.98. The van der Waals surface area contributed by atoms with Gasteiger partial charge >= 0.3 is 0 Å². The number of rotatable bonds is 5. The van der Waals surface area contributed by atoms with E-state index in [4.69, 9.17) is 0 Å². The molecule has 1 fully saturated rings. The van der Waals surface area contributed by atoms with Crippen LogP contribution >= 0.6 is 0 Å². The van der Waals surface area contributed by atoms with Crippen molar-refractivity contribution < 1.29 is 9.59 Å². The van der Waals surface area contributed by atoms with Crippen LogP contribution in [-0.2, 0) is 9.59 Å². The molecule has 1 saturated carbocycles. The summed E-state index contributed by atoms with van der Waals surface area (Å²) >= 11 is 0. The zero-order chi connectivity index (χ0) is 17.5. The summed E-state index contributed by atoms with van der Waals surface area (Å²) < 4.78 is 0. The van der Waals surface area contributed by atoms with Crippen LogP contribution in [0.25, 0.3) is 0 Å². The molecular weight excluding hydrogens is 300 g/mol. The van der Waals surface area contributed by atoms with E-state index in [1.807, 2.05) is 36.9 Å². The fourth-order valence-corrected chi connectivity index (χ4v) is 3.47. The molecule has 132 valence electrons. The van der Waals surface area contributed by atoms with Crippen LogP contribution in [0, 0.1) is 13.8 Å². The first-order valence-electron chi connectivity index (χ1n) is 9.11. The van der Waals surface area contributed by atoms with Crippen molar-refractivity contribution in [2.75, 3.05) is 11.9 Å². The predicted octanol–water partition coefficient (Wildman–Crippen LogP) is 4.20. The highest BCUT2D eigenvalue weighted by molar-refractivity contribution is 5.92. The van der Waals surface area contributed by atoms with Gasteiger partial charge in [0.05, 0.1) is 0 Å². The van der Waals surface area contributed by atoms with Crippen LogP contribution in [0.3, 0.4) is 0 Å². The summed E-state index contributed by atoms with van der Waals surface area (Å²) in [4.78, 5) is 26.2. The Kier molecular flexibility index (Phi) is 6.83. The molecule has 2 amide bonds. The second kappa shape index (κ2) is 8.86. The third-order valence-electron chi connectivity index (χ3n) is 4.92. The molecule has 0 aliphatic heterocycles. The van der Waals surface area contributed by atoms with Crippen LogP contribution in [-0.4, -0.2) is 29.3 Å². The van der Waals surface area contributed by atoms with Gasteiger partial charge in [0.2, 0.25) is 11.8 Å². The Morgan fingerprint density at radius 1 is 1.12 bits per heavy atom. The number of carbonyl (C=O) groups is 2. The molecule has 0 radical (unpaired) electrons. The van der Waals surface area contributed by atoms with Gasteiger partial charge in [-0.2, -0.15) is 0 Å². The van der Waals surface area contributed by atoms with Crippen LogP contribution < -0.4 is 5.32 Å². The monoisotopic (exact) mass is 330 g/mol. The van der Waals surface area contributed by atoms with Gasteiger partial charge in [-0.05, 0) is 43.9 Å². The van der Waals surface area contributed by atoms with Crippen LogP contribution in [0.2, 0.25) is 0 Å². The number of nitrogens with one attached hydrogen (secondary N) is 1. The largest absolute Gasteiger partial charge is 0.339 e. The summed E-state index contributed by atoms with van der Waals surface area (Å²) in [6, 6.07) is 6.34. The van der Waals surface area contributed by atoms with E-state index in [-0.39, 0.29) is 11.8 Å². The standard InChI is InChI=1S/C20H30N2O2/c1-15-10-11-16(2)19(14-15)21-20(24)12-13-22(17(3)23)18-8-6-4-5-7-9-18/h10-11,14,18H,4-9,12-13H2,1-3H3,(H,21,24). The van der Waals surface area contributed by atoms with Crippen LogP contribution in [0.15, 0.2) is 18.2 Å². The minimum Gasteiger partial charge on any atom is -0.339 e. The van der Waals surface area contributed by atoms with E-state index in [1.54, 1.807) is 6.92 Å². The van der Waals surface area contributed by atoms with Crippen LogP contribution in [0.1, 0.15) is 63.0 Å². The molecule has 0 heterocycles. The first-order valence-corrected chi connectivity index (χ1v) is 9.11. The topological polar surface area (TPSA) is 49.4 Å². The van der Waals surface area contributed by atoms with Gasteiger partial charge < -0.3 is 10.2 Å². The number of aryl methyl sites for hydroxylation is 2. The van der Waals surface area contributed by atoms with Crippen molar-refractivity contribution in [3.8, 4) is 0 Å². The predicted molar refractivity (Wildman–Crippen MR) is 98.0 cm³/mol. The van der Waals surface area contributed by atoms with Crippen molar-refractivity contribution in [3.05, 3.63) is 29.3 Å². The Hall–Kier alpha value is -1.84. The summed E-state index contributed by atoms with van der Waals surface area (Å²) in [7, 11) is 0. The summed E-state index contributed by atoms with van der Waals surface area (Å²) in [6.07, 6.45) is 7.37. The average molecular weight is 330 g/mol. The lowest BCUT2D eigenvalue weighted by atomic mass is 10.1. The molecule has 2 rings (SSSR count). The molecule has 0 spiro atoms. The third kappa shape index (κ3) is 5.36. The molecule has 0 atom stereocenters. The average Bonchev–Trinajstić information content (AvgIpc) is 2.80. The Balaban J connectivity index is 1.92. The summed E-state index contributed by atoms with van der Waals surface area (Å²) in [6.45, 7) is 6.13. The number of amides is 2. The van der Waals surface area contributed by atoms with Crippen molar-refractivity contribution in [2.24, 2.45) is 0 Å². The Labute approximate surface area is 145 Å². The number of carbonyl (C=O) groups excluding carboxylic acids is 2. The second-order valence-electron chi connectivity index (χ2n) is 6.97. The Morgan fingerprint density at radius 2 is 1.79 bits per heavy atom. The molecule has 0 aromatic heterocycles. The normalized spacial score (nSPS) is 15.6. The maximum atomic E-state index is 12.3. The lowest BCUT2D eigenvalue weighted by molar-refractivity contribution is -0.131. The lowest BCUT2D eigenvalue weighted by Crippen LogP contribution is -2.40. The molecule has 1 aliphatic rings. The lowest BCUT2D eigenvalue weighted by Gasteiger charge is -2.30. The number of anilines is 1. The Bertz CT molecular complexity index is 575. The molecule has 24 heavy (non-hydrogen) atoms. The first-order chi connectivity index (χ1) is 11.5. The minimum absolute atomic E-state index is 0.0245. The van der Waals surface area contributed by atoms with Crippen molar-refractivity contribution in [1.82, 2.24) is 4.90 Å². The molecule has 4 nitrogen and oxygen atoms in total. The maximum Gasteiger partial charge on any atom is 0.226 e. The molecule has 0 bridgehead atoms. The van der Waals surface area contributed by atoms with Gasteiger partial charge in [0.15, 0.2) is 0 Å². The SMILES string of the molecule is CC(=O)N(CCC(=O)Nc1cc(C)ccc1C)C1CCCCCC1. The van der Waals surface area contributed by atoms with E-state index in [9.17, 15) is 9.59 Å². The fourth-order valence-electron chi connectivity index (χ4n) is 3.47. The molecule has 1 N–H and O–H groups in total. The minimum atomic E-state index is -0.0245. The zero-order valence-corrected chi connectivity index (χ0v) is 15.2. The van der Waals surface area contributed by atoms with Crippen molar-refractivity contribution in [2.45, 2.75) is 71.8 Å². The number of benzene rings is 1.